The molecule has 3 N–H and O–H groups in total. The second-order valence-corrected chi connectivity index (χ2v) is 4.19. The van der Waals surface area contributed by atoms with Gasteiger partial charge in [0.2, 0.25) is 5.95 Å². The summed E-state index contributed by atoms with van der Waals surface area (Å²) in [6.45, 7) is 3.96. The van der Waals surface area contributed by atoms with Crippen molar-refractivity contribution in [2.75, 3.05) is 11.1 Å². The standard InChI is InChI=1S/C12H15N5O/c1-8(2)17-7-9(13)6-10(17)11(18)16-12-14-4-3-5-15-12/h3-8H,13H2,1-2H3,(H,14,15,16,18). The van der Waals surface area contributed by atoms with Crippen LogP contribution >= 0.6 is 0 Å². The number of anilines is 2. The molecule has 0 aromatic carbocycles. The molecule has 0 aliphatic carbocycles. The topological polar surface area (TPSA) is 85.8 Å². The van der Waals surface area contributed by atoms with Crippen molar-refractivity contribution in [3.05, 3.63) is 36.4 Å². The van der Waals surface area contributed by atoms with Crippen LogP contribution in [0.3, 0.4) is 0 Å². The summed E-state index contributed by atoms with van der Waals surface area (Å²) in [7, 11) is 0. The molecule has 0 atom stereocenters. The van der Waals surface area contributed by atoms with Gasteiger partial charge in [0.1, 0.15) is 5.69 Å². The van der Waals surface area contributed by atoms with E-state index in [4.69, 9.17) is 5.73 Å². The number of nitrogens with two attached hydrogens (primary N) is 1. The number of hydrogen-bond donors (Lipinski definition) is 2. The third-order valence-corrected chi connectivity index (χ3v) is 2.45. The first-order valence-corrected chi connectivity index (χ1v) is 5.63. The third-order valence-electron chi connectivity index (χ3n) is 2.45. The average Bonchev–Trinajstić information content (AvgIpc) is 2.73. The lowest BCUT2D eigenvalue weighted by Gasteiger charge is -2.11. The van der Waals surface area contributed by atoms with Crippen LogP contribution in [0.4, 0.5) is 11.6 Å². The highest BCUT2D eigenvalue weighted by atomic mass is 16.2. The van der Waals surface area contributed by atoms with Gasteiger partial charge in [-0.05, 0) is 26.0 Å². The number of nitrogens with one attached hydrogen (secondary N) is 1. The van der Waals surface area contributed by atoms with Crippen LogP contribution in [0, 0.1) is 0 Å². The predicted molar refractivity (Wildman–Crippen MR) is 69.2 cm³/mol. The van der Waals surface area contributed by atoms with Gasteiger partial charge in [0.25, 0.3) is 5.91 Å². The fourth-order valence-corrected chi connectivity index (χ4v) is 1.64. The molecule has 0 unspecified atom stereocenters. The molecule has 2 heterocycles. The van der Waals surface area contributed by atoms with Gasteiger partial charge >= 0.3 is 0 Å². The Kier molecular flexibility index (Phi) is 3.27. The highest BCUT2D eigenvalue weighted by molar-refractivity contribution is 6.02. The van der Waals surface area contributed by atoms with Gasteiger partial charge < -0.3 is 10.3 Å². The Hall–Kier alpha value is -2.37. The molecule has 0 radical (unpaired) electrons. The minimum Gasteiger partial charge on any atom is -0.397 e. The van der Waals surface area contributed by atoms with Crippen LogP contribution in [-0.2, 0) is 0 Å². The number of nitrogens with zero attached hydrogens (tertiary/aromatic N) is 3. The Morgan fingerprint density at radius 2 is 2.06 bits per heavy atom. The van der Waals surface area contributed by atoms with Crippen LogP contribution in [0.2, 0.25) is 0 Å². The molecule has 1 amide bonds. The van der Waals surface area contributed by atoms with Crippen LogP contribution in [0.5, 0.6) is 0 Å². The Morgan fingerprint density at radius 1 is 1.39 bits per heavy atom. The Balaban J connectivity index is 2.24. The number of rotatable bonds is 3. The van der Waals surface area contributed by atoms with Gasteiger partial charge in [0, 0.05) is 24.6 Å². The Bertz CT molecular complexity index is 547. The van der Waals surface area contributed by atoms with Crippen molar-refractivity contribution in [3.8, 4) is 0 Å². The van der Waals surface area contributed by atoms with E-state index in [1.165, 1.54) is 0 Å². The lowest BCUT2D eigenvalue weighted by atomic mass is 10.3. The number of nitrogen functional groups attached to an aromatic ring is 1. The monoisotopic (exact) mass is 245 g/mol. The second-order valence-electron chi connectivity index (χ2n) is 4.19. The molecule has 94 valence electrons. The van der Waals surface area contributed by atoms with Gasteiger partial charge in [-0.3, -0.25) is 10.1 Å². The molecular weight excluding hydrogens is 230 g/mol. The number of carbonyl (C=O) groups excluding carboxylic acids is 1. The van der Waals surface area contributed by atoms with E-state index >= 15 is 0 Å². The van der Waals surface area contributed by atoms with E-state index in [9.17, 15) is 4.79 Å². The van der Waals surface area contributed by atoms with Crippen molar-refractivity contribution in [2.45, 2.75) is 19.9 Å². The fraction of sp³-hybridized carbons (Fsp3) is 0.250. The van der Waals surface area contributed by atoms with Crippen LogP contribution in [0.1, 0.15) is 30.4 Å². The average molecular weight is 245 g/mol. The molecule has 6 nitrogen and oxygen atoms in total. The minimum absolute atomic E-state index is 0.153. The van der Waals surface area contributed by atoms with Gasteiger partial charge in [0.05, 0.1) is 5.69 Å². The zero-order valence-corrected chi connectivity index (χ0v) is 10.3. The zero-order valence-electron chi connectivity index (χ0n) is 10.3. The second kappa shape index (κ2) is 4.87. The molecule has 2 rings (SSSR count). The summed E-state index contributed by atoms with van der Waals surface area (Å²) in [5.74, 6) is 0.00387. The van der Waals surface area contributed by atoms with Gasteiger partial charge in [0.15, 0.2) is 0 Å². The van der Waals surface area contributed by atoms with E-state index in [2.05, 4.69) is 15.3 Å². The van der Waals surface area contributed by atoms with Gasteiger partial charge in [-0.15, -0.1) is 0 Å². The van der Waals surface area contributed by atoms with Crippen molar-refractivity contribution in [2.24, 2.45) is 0 Å². The van der Waals surface area contributed by atoms with Crippen LogP contribution < -0.4 is 11.1 Å². The third kappa shape index (κ3) is 2.48. The summed E-state index contributed by atoms with van der Waals surface area (Å²) in [5.41, 5.74) is 6.77. The largest absolute Gasteiger partial charge is 0.397 e. The summed E-state index contributed by atoms with van der Waals surface area (Å²) in [4.78, 5) is 20.0. The van der Waals surface area contributed by atoms with Crippen molar-refractivity contribution in [1.82, 2.24) is 14.5 Å². The highest BCUT2D eigenvalue weighted by Gasteiger charge is 2.15. The molecule has 0 saturated heterocycles. The van der Waals surface area contributed by atoms with Crippen LogP contribution in [0.25, 0.3) is 0 Å². The van der Waals surface area contributed by atoms with E-state index < -0.39 is 0 Å². The lowest BCUT2D eigenvalue weighted by molar-refractivity contribution is 0.101. The molecule has 18 heavy (non-hydrogen) atoms. The van der Waals surface area contributed by atoms with E-state index in [1.807, 2.05) is 18.4 Å². The number of carbonyl (C=O) groups is 1. The lowest BCUT2D eigenvalue weighted by Crippen LogP contribution is -2.18. The molecule has 0 spiro atoms. The summed E-state index contributed by atoms with van der Waals surface area (Å²) in [6, 6.07) is 3.47. The fourth-order valence-electron chi connectivity index (χ4n) is 1.64. The smallest absolute Gasteiger partial charge is 0.274 e. The van der Waals surface area contributed by atoms with E-state index in [1.54, 1.807) is 30.7 Å². The maximum Gasteiger partial charge on any atom is 0.274 e. The first-order valence-electron chi connectivity index (χ1n) is 5.63. The first-order chi connectivity index (χ1) is 8.58. The maximum absolute atomic E-state index is 12.1. The van der Waals surface area contributed by atoms with Gasteiger partial charge in [-0.25, -0.2) is 9.97 Å². The molecule has 0 fully saturated rings. The molecule has 6 heteroatoms. The van der Waals surface area contributed by atoms with Crippen molar-refractivity contribution in [3.63, 3.8) is 0 Å². The molecule has 2 aromatic rings. The molecule has 0 aliphatic rings. The van der Waals surface area contributed by atoms with Gasteiger partial charge in [-0.1, -0.05) is 0 Å². The SMILES string of the molecule is CC(C)n1cc(N)cc1C(=O)Nc1ncccn1. The quantitative estimate of drug-likeness (QED) is 0.861. The van der Waals surface area contributed by atoms with E-state index in [0.29, 0.717) is 11.4 Å². The highest BCUT2D eigenvalue weighted by Crippen LogP contribution is 2.17. The summed E-state index contributed by atoms with van der Waals surface area (Å²) >= 11 is 0. The van der Waals surface area contributed by atoms with Gasteiger partial charge in [-0.2, -0.15) is 0 Å². The summed E-state index contributed by atoms with van der Waals surface area (Å²) < 4.78 is 1.81. The molecule has 2 aromatic heterocycles. The van der Waals surface area contributed by atoms with E-state index in [-0.39, 0.29) is 17.9 Å². The van der Waals surface area contributed by atoms with E-state index in [0.717, 1.165) is 0 Å². The molecular formula is C12H15N5O. The summed E-state index contributed by atoms with van der Waals surface area (Å²) in [6.07, 6.45) is 4.88. The predicted octanol–water partition coefficient (Wildman–Crippen LogP) is 1.69. The molecule has 0 bridgehead atoms. The number of aromatic nitrogens is 3. The Morgan fingerprint density at radius 3 is 2.67 bits per heavy atom. The van der Waals surface area contributed by atoms with Crippen LogP contribution in [0.15, 0.2) is 30.7 Å². The first kappa shape index (κ1) is 12.1. The minimum atomic E-state index is -0.272. The number of hydrogen-bond acceptors (Lipinski definition) is 4. The maximum atomic E-state index is 12.1. The summed E-state index contributed by atoms with van der Waals surface area (Å²) in [5, 5.41) is 2.63. The number of amides is 1. The Labute approximate surface area is 105 Å². The van der Waals surface area contributed by atoms with Crippen LogP contribution in [-0.4, -0.2) is 20.4 Å². The van der Waals surface area contributed by atoms with Crippen molar-refractivity contribution in [1.29, 1.82) is 0 Å². The van der Waals surface area contributed by atoms with Crippen molar-refractivity contribution < 1.29 is 4.79 Å². The normalized spacial score (nSPS) is 10.6. The zero-order chi connectivity index (χ0) is 13.1. The van der Waals surface area contributed by atoms with Crippen molar-refractivity contribution >= 4 is 17.5 Å². The molecule has 0 saturated carbocycles. The molecule has 0 aliphatic heterocycles.